The minimum absolute atomic E-state index is 0.109. The number of nitrogens with zero attached hydrogens (tertiary/aromatic N) is 1. The van der Waals surface area contributed by atoms with E-state index in [1.54, 1.807) is 13.8 Å². The van der Waals surface area contributed by atoms with Crippen molar-refractivity contribution in [1.82, 2.24) is 15.5 Å². The molecule has 0 bridgehead atoms. The largest absolute Gasteiger partial charge is 0.476 e. The quantitative estimate of drug-likeness (QED) is 0.786. The molecule has 0 radical (unpaired) electrons. The maximum Gasteiger partial charge on any atom is 0.408 e. The molecule has 0 atom stereocenters. The average molecular weight is 303 g/mol. The van der Waals surface area contributed by atoms with Gasteiger partial charge in [-0.2, -0.15) is 5.10 Å². The summed E-state index contributed by atoms with van der Waals surface area (Å²) in [5.41, 5.74) is 0.406. The molecule has 1 aromatic heterocycles. The predicted molar refractivity (Wildman–Crippen MR) is 78.3 cm³/mol. The van der Waals surface area contributed by atoms with E-state index in [2.05, 4.69) is 15.5 Å². The lowest BCUT2D eigenvalue weighted by Gasteiger charge is -2.24. The lowest BCUT2D eigenvalue weighted by molar-refractivity contribution is 0.0690. The maximum atomic E-state index is 11.9. The van der Waals surface area contributed by atoms with Crippen LogP contribution in [-0.2, 0) is 16.9 Å². The minimum atomic E-state index is -1.13. The van der Waals surface area contributed by atoms with Crippen LogP contribution in [0.1, 0.15) is 35.6 Å². The van der Waals surface area contributed by atoms with Crippen molar-refractivity contribution in [3.05, 3.63) is 53.3 Å². The number of carboxylic acid groups (broad SMARTS) is 1. The van der Waals surface area contributed by atoms with Crippen molar-refractivity contribution >= 4 is 12.1 Å². The summed E-state index contributed by atoms with van der Waals surface area (Å²) in [5, 5.41) is 17.8. The van der Waals surface area contributed by atoms with E-state index in [9.17, 15) is 9.59 Å². The molecule has 0 aliphatic carbocycles. The molecule has 0 unspecified atom stereocenters. The third-order valence-electron chi connectivity index (χ3n) is 3.10. The molecule has 3 N–H and O–H groups in total. The molecule has 7 heteroatoms. The van der Waals surface area contributed by atoms with Gasteiger partial charge in [0.15, 0.2) is 5.69 Å². The van der Waals surface area contributed by atoms with Crippen LogP contribution in [0.25, 0.3) is 0 Å². The summed E-state index contributed by atoms with van der Waals surface area (Å²) in [4.78, 5) is 22.7. The highest BCUT2D eigenvalue weighted by Gasteiger charge is 2.27. The van der Waals surface area contributed by atoms with Crippen LogP contribution in [0.2, 0.25) is 0 Å². The van der Waals surface area contributed by atoms with Gasteiger partial charge in [0.05, 0.1) is 11.2 Å². The van der Waals surface area contributed by atoms with Gasteiger partial charge in [-0.25, -0.2) is 9.59 Å². The summed E-state index contributed by atoms with van der Waals surface area (Å²) in [5.74, 6) is -1.13. The van der Waals surface area contributed by atoms with E-state index in [0.717, 1.165) is 5.56 Å². The number of ether oxygens (including phenoxy) is 1. The van der Waals surface area contributed by atoms with Crippen molar-refractivity contribution in [1.29, 1.82) is 0 Å². The van der Waals surface area contributed by atoms with E-state index in [4.69, 9.17) is 9.84 Å². The SMILES string of the molecule is CC(C)(NC(=O)OCc1ccccc1)c1cc(C(=O)O)n[nH]1. The third kappa shape index (κ3) is 3.85. The van der Waals surface area contributed by atoms with E-state index >= 15 is 0 Å². The second-order valence-corrected chi connectivity index (χ2v) is 5.28. The molecule has 0 saturated heterocycles. The van der Waals surface area contributed by atoms with Crippen LogP contribution in [-0.4, -0.2) is 27.4 Å². The van der Waals surface area contributed by atoms with Gasteiger partial charge >= 0.3 is 12.1 Å². The summed E-state index contributed by atoms with van der Waals surface area (Å²) in [6.45, 7) is 3.60. The van der Waals surface area contributed by atoms with Gasteiger partial charge in [0.1, 0.15) is 6.61 Å². The highest BCUT2D eigenvalue weighted by atomic mass is 16.5. The Kier molecular flexibility index (Phi) is 4.45. The van der Waals surface area contributed by atoms with Gasteiger partial charge < -0.3 is 15.2 Å². The topological polar surface area (TPSA) is 104 Å². The Morgan fingerprint density at radius 2 is 2.00 bits per heavy atom. The monoisotopic (exact) mass is 303 g/mol. The molecule has 1 aromatic carbocycles. The first-order chi connectivity index (χ1) is 10.4. The summed E-state index contributed by atoms with van der Waals surface area (Å²) >= 11 is 0. The van der Waals surface area contributed by atoms with Crippen molar-refractivity contribution in [2.45, 2.75) is 26.0 Å². The highest BCUT2D eigenvalue weighted by molar-refractivity contribution is 5.85. The van der Waals surface area contributed by atoms with E-state index in [-0.39, 0.29) is 12.3 Å². The van der Waals surface area contributed by atoms with E-state index < -0.39 is 17.6 Å². The smallest absolute Gasteiger partial charge is 0.408 e. The lowest BCUT2D eigenvalue weighted by Crippen LogP contribution is -2.41. The standard InChI is InChI=1S/C15H17N3O4/c1-15(2,12-8-11(13(19)20)17-18-12)16-14(21)22-9-10-6-4-3-5-7-10/h3-8H,9H2,1-2H3,(H,16,21)(H,17,18)(H,19,20). The fourth-order valence-corrected chi connectivity index (χ4v) is 1.83. The Morgan fingerprint density at radius 1 is 1.32 bits per heavy atom. The van der Waals surface area contributed by atoms with Crippen LogP contribution < -0.4 is 5.32 Å². The zero-order valence-electron chi connectivity index (χ0n) is 12.3. The summed E-state index contributed by atoms with van der Waals surface area (Å²) < 4.78 is 5.14. The number of carbonyl (C=O) groups excluding carboxylic acids is 1. The Bertz CT molecular complexity index is 664. The number of carbonyl (C=O) groups is 2. The van der Waals surface area contributed by atoms with Crippen LogP contribution in [0.15, 0.2) is 36.4 Å². The number of hydrogen-bond donors (Lipinski definition) is 3. The number of aromatic amines is 1. The first-order valence-corrected chi connectivity index (χ1v) is 6.66. The van der Waals surface area contributed by atoms with Crippen molar-refractivity contribution < 1.29 is 19.4 Å². The highest BCUT2D eigenvalue weighted by Crippen LogP contribution is 2.18. The van der Waals surface area contributed by atoms with Gasteiger partial charge in [0, 0.05) is 0 Å². The third-order valence-corrected chi connectivity index (χ3v) is 3.10. The number of benzene rings is 1. The fraction of sp³-hybridized carbons (Fsp3) is 0.267. The summed E-state index contributed by atoms with van der Waals surface area (Å²) in [7, 11) is 0. The number of aromatic nitrogens is 2. The zero-order valence-corrected chi connectivity index (χ0v) is 12.3. The Balaban J connectivity index is 1.95. The lowest BCUT2D eigenvalue weighted by atomic mass is 10.0. The van der Waals surface area contributed by atoms with Crippen molar-refractivity contribution in [2.24, 2.45) is 0 Å². The number of nitrogens with one attached hydrogen (secondary N) is 2. The molecule has 2 rings (SSSR count). The molecular formula is C15H17N3O4. The van der Waals surface area contributed by atoms with E-state index in [1.165, 1.54) is 6.07 Å². The molecule has 0 saturated carbocycles. The molecule has 0 aliphatic heterocycles. The van der Waals surface area contributed by atoms with Crippen LogP contribution in [0.4, 0.5) is 4.79 Å². The molecule has 7 nitrogen and oxygen atoms in total. The minimum Gasteiger partial charge on any atom is -0.476 e. The number of carboxylic acids is 1. The summed E-state index contributed by atoms with van der Waals surface area (Å²) in [6.07, 6.45) is -0.597. The van der Waals surface area contributed by atoms with Crippen molar-refractivity contribution in [3.8, 4) is 0 Å². The molecule has 1 heterocycles. The number of hydrogen-bond acceptors (Lipinski definition) is 4. The van der Waals surface area contributed by atoms with Gasteiger partial charge in [0.25, 0.3) is 0 Å². The van der Waals surface area contributed by atoms with Gasteiger partial charge in [-0.15, -0.1) is 0 Å². The van der Waals surface area contributed by atoms with Gasteiger partial charge in [0.2, 0.25) is 0 Å². The Hall–Kier alpha value is -2.83. The molecule has 0 spiro atoms. The predicted octanol–water partition coefficient (Wildman–Crippen LogP) is 2.27. The zero-order chi connectivity index (χ0) is 16.2. The number of rotatable bonds is 5. The molecule has 0 aliphatic rings. The number of amides is 1. The molecule has 1 amide bonds. The molecule has 0 fully saturated rings. The second kappa shape index (κ2) is 6.30. The molecule has 22 heavy (non-hydrogen) atoms. The second-order valence-electron chi connectivity index (χ2n) is 5.28. The van der Waals surface area contributed by atoms with Crippen molar-refractivity contribution in [3.63, 3.8) is 0 Å². The first-order valence-electron chi connectivity index (χ1n) is 6.66. The van der Waals surface area contributed by atoms with Crippen molar-refractivity contribution in [2.75, 3.05) is 0 Å². The van der Waals surface area contributed by atoms with E-state index in [0.29, 0.717) is 5.69 Å². The first kappa shape index (κ1) is 15.6. The maximum absolute atomic E-state index is 11.9. The fourth-order valence-electron chi connectivity index (χ4n) is 1.83. The average Bonchev–Trinajstić information content (AvgIpc) is 2.97. The molecule has 2 aromatic rings. The number of H-pyrrole nitrogens is 1. The van der Waals surface area contributed by atoms with E-state index in [1.807, 2.05) is 30.3 Å². The van der Waals surface area contributed by atoms with Gasteiger partial charge in [-0.05, 0) is 25.5 Å². The van der Waals surface area contributed by atoms with Crippen LogP contribution in [0.3, 0.4) is 0 Å². The Morgan fingerprint density at radius 3 is 2.59 bits per heavy atom. The molecule has 116 valence electrons. The van der Waals surface area contributed by atoms with Crippen LogP contribution in [0.5, 0.6) is 0 Å². The van der Waals surface area contributed by atoms with Crippen LogP contribution in [0, 0.1) is 0 Å². The normalized spacial score (nSPS) is 11.0. The van der Waals surface area contributed by atoms with Crippen LogP contribution >= 0.6 is 0 Å². The van der Waals surface area contributed by atoms with Gasteiger partial charge in [-0.3, -0.25) is 5.10 Å². The summed E-state index contributed by atoms with van der Waals surface area (Å²) in [6, 6.07) is 10.7. The number of alkyl carbamates (subject to hydrolysis) is 1. The Labute approximate surface area is 127 Å². The number of aromatic carboxylic acids is 1. The van der Waals surface area contributed by atoms with Gasteiger partial charge in [-0.1, -0.05) is 30.3 Å². The molecular weight excluding hydrogens is 286 g/mol.